The van der Waals surface area contributed by atoms with Crippen LogP contribution in [0.25, 0.3) is 0 Å². The fourth-order valence-corrected chi connectivity index (χ4v) is 3.09. The number of hydrogen-bond donors (Lipinski definition) is 2. The summed E-state index contributed by atoms with van der Waals surface area (Å²) in [5.74, 6) is 2.60. The lowest BCUT2D eigenvalue weighted by Gasteiger charge is -2.26. The van der Waals surface area contributed by atoms with E-state index in [1.165, 1.54) is 5.56 Å². The van der Waals surface area contributed by atoms with E-state index in [-0.39, 0.29) is 5.41 Å². The summed E-state index contributed by atoms with van der Waals surface area (Å²) in [7, 11) is 4.83. The monoisotopic (exact) mass is 399 g/mol. The molecule has 0 bridgehead atoms. The van der Waals surface area contributed by atoms with Crippen LogP contribution in [0.5, 0.6) is 17.2 Å². The number of ether oxygens (including phenoxy) is 3. The maximum atomic E-state index is 5.56. The van der Waals surface area contributed by atoms with E-state index in [0.29, 0.717) is 23.8 Å². The molecule has 2 aromatic carbocycles. The van der Waals surface area contributed by atoms with Crippen LogP contribution in [0.15, 0.2) is 47.5 Å². The molecule has 0 spiro atoms. The minimum Gasteiger partial charge on any atom is -0.493 e. The molecule has 158 valence electrons. The highest BCUT2D eigenvalue weighted by Crippen LogP contribution is 2.39. The summed E-state index contributed by atoms with van der Waals surface area (Å²) >= 11 is 0. The van der Waals surface area contributed by atoms with Crippen molar-refractivity contribution >= 4 is 5.96 Å². The van der Waals surface area contributed by atoms with Crippen LogP contribution in [0.1, 0.15) is 31.9 Å². The summed E-state index contributed by atoms with van der Waals surface area (Å²) in [6, 6.07) is 14.3. The first-order valence-corrected chi connectivity index (χ1v) is 9.82. The van der Waals surface area contributed by atoms with Gasteiger partial charge in [0, 0.05) is 24.1 Å². The van der Waals surface area contributed by atoms with Crippen LogP contribution in [0.2, 0.25) is 0 Å². The van der Waals surface area contributed by atoms with Gasteiger partial charge < -0.3 is 24.8 Å². The third kappa shape index (κ3) is 5.79. The molecule has 0 heterocycles. The van der Waals surface area contributed by atoms with Crippen molar-refractivity contribution in [2.24, 2.45) is 4.99 Å². The molecule has 0 atom stereocenters. The Morgan fingerprint density at radius 2 is 1.59 bits per heavy atom. The van der Waals surface area contributed by atoms with Gasteiger partial charge in [-0.1, -0.05) is 44.2 Å². The molecule has 6 heteroatoms. The Morgan fingerprint density at radius 3 is 2.17 bits per heavy atom. The number of nitrogens with zero attached hydrogens (tertiary/aromatic N) is 1. The molecular weight excluding hydrogens is 366 g/mol. The molecule has 0 aliphatic heterocycles. The first-order chi connectivity index (χ1) is 14.0. The van der Waals surface area contributed by atoms with E-state index >= 15 is 0 Å². The molecule has 0 saturated heterocycles. The topological polar surface area (TPSA) is 64.1 Å². The molecule has 0 aromatic heterocycles. The number of methoxy groups -OCH3 is 3. The molecule has 0 aliphatic rings. The molecule has 2 rings (SSSR count). The Morgan fingerprint density at radius 1 is 0.897 bits per heavy atom. The molecule has 0 amide bonds. The summed E-state index contributed by atoms with van der Waals surface area (Å²) in [5, 5.41) is 6.77. The maximum absolute atomic E-state index is 5.56. The lowest BCUT2D eigenvalue weighted by atomic mass is 9.85. The van der Waals surface area contributed by atoms with Crippen molar-refractivity contribution in [3.63, 3.8) is 0 Å². The average molecular weight is 400 g/mol. The fraction of sp³-hybridized carbons (Fsp3) is 0.435. The molecule has 2 aromatic rings. The highest BCUT2D eigenvalue weighted by atomic mass is 16.5. The second-order valence-corrected chi connectivity index (χ2v) is 7.29. The Labute approximate surface area is 174 Å². The quantitative estimate of drug-likeness (QED) is 0.497. The van der Waals surface area contributed by atoms with Gasteiger partial charge in [-0.25, -0.2) is 4.99 Å². The maximum Gasteiger partial charge on any atom is 0.203 e. The van der Waals surface area contributed by atoms with E-state index in [4.69, 9.17) is 19.2 Å². The molecule has 2 N–H and O–H groups in total. The van der Waals surface area contributed by atoms with Gasteiger partial charge in [-0.2, -0.15) is 0 Å². The molecule has 0 radical (unpaired) electrons. The van der Waals surface area contributed by atoms with E-state index in [0.717, 1.165) is 24.6 Å². The van der Waals surface area contributed by atoms with Crippen LogP contribution < -0.4 is 24.8 Å². The third-order valence-electron chi connectivity index (χ3n) is 4.79. The van der Waals surface area contributed by atoms with Gasteiger partial charge in [-0.3, -0.25) is 0 Å². The Balaban J connectivity index is 2.17. The summed E-state index contributed by atoms with van der Waals surface area (Å²) in [6.45, 7) is 8.47. The van der Waals surface area contributed by atoms with E-state index in [1.807, 2.05) is 18.2 Å². The van der Waals surface area contributed by atoms with Gasteiger partial charge in [0.15, 0.2) is 17.5 Å². The minimum absolute atomic E-state index is 0.0293. The predicted octanol–water partition coefficient (Wildman–Crippen LogP) is 3.75. The number of hydrogen-bond acceptors (Lipinski definition) is 4. The fourth-order valence-electron chi connectivity index (χ4n) is 3.09. The number of nitrogens with one attached hydrogen (secondary N) is 2. The molecule has 0 fully saturated rings. The zero-order chi connectivity index (χ0) is 21.3. The van der Waals surface area contributed by atoms with E-state index < -0.39 is 0 Å². The van der Waals surface area contributed by atoms with Crippen LogP contribution in [0.4, 0.5) is 0 Å². The second kappa shape index (κ2) is 10.6. The van der Waals surface area contributed by atoms with Crippen LogP contribution >= 0.6 is 0 Å². The van der Waals surface area contributed by atoms with Gasteiger partial charge in [-0.15, -0.1) is 0 Å². The molecular formula is C23H33N3O3. The van der Waals surface area contributed by atoms with Crippen molar-refractivity contribution in [1.82, 2.24) is 10.6 Å². The van der Waals surface area contributed by atoms with Gasteiger partial charge in [0.05, 0.1) is 27.9 Å². The molecule has 0 unspecified atom stereocenters. The van der Waals surface area contributed by atoms with Gasteiger partial charge in [-0.05, 0) is 24.6 Å². The van der Waals surface area contributed by atoms with Crippen molar-refractivity contribution < 1.29 is 14.2 Å². The third-order valence-corrected chi connectivity index (χ3v) is 4.79. The summed E-state index contributed by atoms with van der Waals surface area (Å²) < 4.78 is 16.4. The van der Waals surface area contributed by atoms with Gasteiger partial charge in [0.25, 0.3) is 0 Å². The molecule has 6 nitrogen and oxygen atoms in total. The first-order valence-electron chi connectivity index (χ1n) is 9.82. The normalized spacial score (nSPS) is 11.7. The zero-order valence-electron chi connectivity index (χ0n) is 18.3. The highest BCUT2D eigenvalue weighted by molar-refractivity contribution is 5.80. The van der Waals surface area contributed by atoms with Crippen molar-refractivity contribution in [2.75, 3.05) is 34.4 Å². The average Bonchev–Trinajstić information content (AvgIpc) is 2.75. The van der Waals surface area contributed by atoms with Crippen LogP contribution in [0.3, 0.4) is 0 Å². The standard InChI is InChI=1S/C23H33N3O3/c1-7-24-22(26-16-23(2,3)18-11-9-8-10-12-18)25-15-17-13-14-19(27-4)21(29-6)20(17)28-5/h8-14H,7,15-16H2,1-6H3,(H2,24,25,26). The van der Waals surface area contributed by atoms with Crippen LogP contribution in [-0.2, 0) is 12.0 Å². The predicted molar refractivity (Wildman–Crippen MR) is 118 cm³/mol. The lowest BCUT2D eigenvalue weighted by Crippen LogP contribution is -2.43. The summed E-state index contributed by atoms with van der Waals surface area (Å²) in [5.41, 5.74) is 2.17. The van der Waals surface area contributed by atoms with Crippen molar-refractivity contribution in [2.45, 2.75) is 32.7 Å². The number of benzene rings is 2. The highest BCUT2D eigenvalue weighted by Gasteiger charge is 2.21. The Bertz CT molecular complexity index is 805. The Kier molecular flexibility index (Phi) is 8.19. The lowest BCUT2D eigenvalue weighted by molar-refractivity contribution is 0.322. The van der Waals surface area contributed by atoms with E-state index in [2.05, 4.69) is 55.7 Å². The molecule has 0 saturated carbocycles. The van der Waals surface area contributed by atoms with Crippen LogP contribution in [0, 0.1) is 0 Å². The smallest absolute Gasteiger partial charge is 0.203 e. The molecule has 0 aliphatic carbocycles. The van der Waals surface area contributed by atoms with Gasteiger partial charge in [0.1, 0.15) is 0 Å². The Hall–Kier alpha value is -2.89. The van der Waals surface area contributed by atoms with Crippen molar-refractivity contribution in [1.29, 1.82) is 0 Å². The SMILES string of the molecule is CCNC(=NCc1ccc(OC)c(OC)c1OC)NCC(C)(C)c1ccccc1. The summed E-state index contributed by atoms with van der Waals surface area (Å²) in [4.78, 5) is 4.74. The second-order valence-electron chi connectivity index (χ2n) is 7.29. The van der Waals surface area contributed by atoms with Crippen molar-refractivity contribution in [3.05, 3.63) is 53.6 Å². The number of aliphatic imine (C=N–C) groups is 1. The number of guanidine groups is 1. The van der Waals surface area contributed by atoms with Gasteiger partial charge >= 0.3 is 0 Å². The summed E-state index contributed by atoms with van der Waals surface area (Å²) in [6.07, 6.45) is 0. The molecule has 29 heavy (non-hydrogen) atoms. The first kappa shape index (κ1) is 22.4. The largest absolute Gasteiger partial charge is 0.493 e. The van der Waals surface area contributed by atoms with Gasteiger partial charge in [0.2, 0.25) is 5.75 Å². The number of rotatable bonds is 9. The van der Waals surface area contributed by atoms with Crippen LogP contribution in [-0.4, -0.2) is 40.4 Å². The van der Waals surface area contributed by atoms with E-state index in [9.17, 15) is 0 Å². The van der Waals surface area contributed by atoms with Crippen molar-refractivity contribution in [3.8, 4) is 17.2 Å². The minimum atomic E-state index is -0.0293. The van der Waals surface area contributed by atoms with E-state index in [1.54, 1.807) is 21.3 Å². The zero-order valence-corrected chi connectivity index (χ0v) is 18.3.